The number of carbonyl (C=O) groups is 3. The fourth-order valence-electron chi connectivity index (χ4n) is 3.34. The molecule has 0 bridgehead atoms. The molecule has 0 N–H and O–H groups in total. The summed E-state index contributed by atoms with van der Waals surface area (Å²) in [5, 5.41) is 0. The van der Waals surface area contributed by atoms with E-state index in [1.807, 2.05) is 6.92 Å². The van der Waals surface area contributed by atoms with E-state index in [-0.39, 0.29) is 37.2 Å². The van der Waals surface area contributed by atoms with Crippen molar-refractivity contribution in [3.05, 3.63) is 23.8 Å². The number of ketones is 1. The van der Waals surface area contributed by atoms with Crippen LogP contribution in [0.4, 0.5) is 0 Å². The quantitative estimate of drug-likeness (QED) is 0.561. The van der Waals surface area contributed by atoms with Crippen LogP contribution in [0.3, 0.4) is 0 Å². The van der Waals surface area contributed by atoms with Gasteiger partial charge < -0.3 is 19.1 Å². The van der Waals surface area contributed by atoms with Crippen molar-refractivity contribution < 1.29 is 28.6 Å². The molecule has 2 aliphatic heterocycles. The molecule has 1 fully saturated rings. The molecule has 146 valence electrons. The van der Waals surface area contributed by atoms with Gasteiger partial charge in [0.05, 0.1) is 6.42 Å². The van der Waals surface area contributed by atoms with Gasteiger partial charge in [0.25, 0.3) is 5.91 Å². The van der Waals surface area contributed by atoms with E-state index < -0.39 is 5.97 Å². The highest BCUT2D eigenvalue weighted by atomic mass is 16.6. The zero-order valence-corrected chi connectivity index (χ0v) is 15.6. The standard InChI is InChI=1S/C20H25NO6/c1-14-4-2-3-9-21(14)19(23)13-27-20(24)8-6-16(22)15-5-7-17-18(12-15)26-11-10-25-17/h5,7,12,14H,2-4,6,8-11,13H2,1H3. The second-order valence-corrected chi connectivity index (χ2v) is 6.87. The van der Waals surface area contributed by atoms with Gasteiger partial charge in [0.15, 0.2) is 23.9 Å². The Bertz CT molecular complexity index is 716. The van der Waals surface area contributed by atoms with Crippen LogP contribution in [0.15, 0.2) is 18.2 Å². The van der Waals surface area contributed by atoms with Crippen LogP contribution in [0, 0.1) is 0 Å². The van der Waals surface area contributed by atoms with E-state index in [2.05, 4.69) is 0 Å². The Kier molecular flexibility index (Phi) is 6.32. The first-order valence-electron chi connectivity index (χ1n) is 9.42. The van der Waals surface area contributed by atoms with E-state index in [9.17, 15) is 14.4 Å². The van der Waals surface area contributed by atoms with E-state index in [0.29, 0.717) is 36.8 Å². The second-order valence-electron chi connectivity index (χ2n) is 6.87. The maximum atomic E-state index is 12.3. The summed E-state index contributed by atoms with van der Waals surface area (Å²) in [5.41, 5.74) is 0.463. The Balaban J connectivity index is 1.43. The number of rotatable bonds is 6. The van der Waals surface area contributed by atoms with Gasteiger partial charge in [-0.05, 0) is 44.4 Å². The van der Waals surface area contributed by atoms with Gasteiger partial charge in [0.2, 0.25) is 0 Å². The van der Waals surface area contributed by atoms with Crippen LogP contribution in [0.2, 0.25) is 0 Å². The molecule has 2 aliphatic rings. The lowest BCUT2D eigenvalue weighted by molar-refractivity contribution is -0.153. The fraction of sp³-hybridized carbons (Fsp3) is 0.550. The Hall–Kier alpha value is -2.57. The Morgan fingerprint density at radius 1 is 1.11 bits per heavy atom. The molecule has 27 heavy (non-hydrogen) atoms. The van der Waals surface area contributed by atoms with Crippen LogP contribution in [0.5, 0.6) is 11.5 Å². The minimum Gasteiger partial charge on any atom is -0.486 e. The molecule has 3 rings (SSSR count). The van der Waals surface area contributed by atoms with Gasteiger partial charge in [-0.3, -0.25) is 14.4 Å². The summed E-state index contributed by atoms with van der Waals surface area (Å²) in [4.78, 5) is 38.1. The van der Waals surface area contributed by atoms with Crippen molar-refractivity contribution in [3.8, 4) is 11.5 Å². The molecule has 0 spiro atoms. The number of benzene rings is 1. The monoisotopic (exact) mass is 375 g/mol. The van der Waals surface area contributed by atoms with Crippen LogP contribution in [-0.4, -0.2) is 55.0 Å². The Morgan fingerprint density at radius 2 is 1.89 bits per heavy atom. The molecular weight excluding hydrogens is 350 g/mol. The summed E-state index contributed by atoms with van der Waals surface area (Å²) in [6.45, 7) is 3.38. The number of esters is 1. The average molecular weight is 375 g/mol. The summed E-state index contributed by atoms with van der Waals surface area (Å²) < 4.78 is 15.9. The Labute approximate surface area is 158 Å². The Morgan fingerprint density at radius 3 is 2.67 bits per heavy atom. The van der Waals surface area contributed by atoms with Crippen molar-refractivity contribution in [1.29, 1.82) is 0 Å². The molecule has 7 nitrogen and oxygen atoms in total. The lowest BCUT2D eigenvalue weighted by atomic mass is 10.0. The van der Waals surface area contributed by atoms with Gasteiger partial charge in [-0.15, -0.1) is 0 Å². The molecule has 1 saturated heterocycles. The zero-order chi connectivity index (χ0) is 19.2. The molecule has 0 radical (unpaired) electrons. The van der Waals surface area contributed by atoms with E-state index in [4.69, 9.17) is 14.2 Å². The van der Waals surface area contributed by atoms with Gasteiger partial charge in [-0.2, -0.15) is 0 Å². The number of fused-ring (bicyclic) bond motifs is 1. The fourth-order valence-corrected chi connectivity index (χ4v) is 3.34. The highest BCUT2D eigenvalue weighted by molar-refractivity contribution is 5.98. The van der Waals surface area contributed by atoms with Gasteiger partial charge >= 0.3 is 5.97 Å². The van der Waals surface area contributed by atoms with Gasteiger partial charge in [0, 0.05) is 24.6 Å². The maximum absolute atomic E-state index is 12.3. The van der Waals surface area contributed by atoms with Crippen LogP contribution in [0.1, 0.15) is 49.4 Å². The number of hydrogen-bond acceptors (Lipinski definition) is 6. The third-order valence-corrected chi connectivity index (χ3v) is 4.90. The molecule has 2 heterocycles. The number of Topliss-reactive ketones (excluding diaryl/α,β-unsaturated/α-hetero) is 1. The molecule has 0 aromatic heterocycles. The third kappa shape index (κ3) is 4.99. The zero-order valence-electron chi connectivity index (χ0n) is 15.6. The number of amides is 1. The van der Waals surface area contributed by atoms with Crippen molar-refractivity contribution in [2.24, 2.45) is 0 Å². The van der Waals surface area contributed by atoms with Gasteiger partial charge in [0.1, 0.15) is 13.2 Å². The summed E-state index contributed by atoms with van der Waals surface area (Å²) in [6.07, 6.45) is 3.04. The molecular formula is C20H25NO6. The first-order valence-corrected chi connectivity index (χ1v) is 9.42. The van der Waals surface area contributed by atoms with Crippen LogP contribution < -0.4 is 9.47 Å². The average Bonchev–Trinajstić information content (AvgIpc) is 2.70. The summed E-state index contributed by atoms with van der Waals surface area (Å²) >= 11 is 0. The second kappa shape index (κ2) is 8.88. The number of carbonyl (C=O) groups excluding carboxylic acids is 3. The normalized spacial score (nSPS) is 18.7. The maximum Gasteiger partial charge on any atom is 0.306 e. The molecule has 0 aliphatic carbocycles. The van der Waals surface area contributed by atoms with Crippen LogP contribution in [0.25, 0.3) is 0 Å². The van der Waals surface area contributed by atoms with Crippen molar-refractivity contribution in [1.82, 2.24) is 4.90 Å². The summed E-state index contributed by atoms with van der Waals surface area (Å²) in [5.74, 6) is 0.256. The predicted molar refractivity (Wildman–Crippen MR) is 97.0 cm³/mol. The smallest absolute Gasteiger partial charge is 0.306 e. The third-order valence-electron chi connectivity index (χ3n) is 4.90. The van der Waals surface area contributed by atoms with E-state index in [0.717, 1.165) is 19.3 Å². The lowest BCUT2D eigenvalue weighted by Gasteiger charge is -2.33. The first kappa shape index (κ1) is 19.2. The van der Waals surface area contributed by atoms with Gasteiger partial charge in [-0.25, -0.2) is 0 Å². The molecule has 1 aromatic rings. The van der Waals surface area contributed by atoms with E-state index >= 15 is 0 Å². The molecule has 1 amide bonds. The lowest BCUT2D eigenvalue weighted by Crippen LogP contribution is -2.44. The SMILES string of the molecule is CC1CCCCN1C(=O)COC(=O)CCC(=O)c1ccc2c(c1)OCCO2. The van der Waals surface area contributed by atoms with Crippen LogP contribution in [-0.2, 0) is 14.3 Å². The minimum atomic E-state index is -0.543. The largest absolute Gasteiger partial charge is 0.486 e. The highest BCUT2D eigenvalue weighted by Gasteiger charge is 2.24. The molecule has 1 atom stereocenters. The first-order chi connectivity index (χ1) is 13.0. The number of ether oxygens (including phenoxy) is 3. The minimum absolute atomic E-state index is 0.0206. The summed E-state index contributed by atoms with van der Waals surface area (Å²) in [7, 11) is 0. The van der Waals surface area contributed by atoms with Crippen molar-refractivity contribution >= 4 is 17.7 Å². The molecule has 7 heteroatoms. The van der Waals surface area contributed by atoms with Crippen molar-refractivity contribution in [2.75, 3.05) is 26.4 Å². The predicted octanol–water partition coefficient (Wildman–Crippen LogP) is 2.36. The van der Waals surface area contributed by atoms with Crippen molar-refractivity contribution in [3.63, 3.8) is 0 Å². The van der Waals surface area contributed by atoms with Crippen molar-refractivity contribution in [2.45, 2.75) is 45.1 Å². The van der Waals surface area contributed by atoms with E-state index in [1.54, 1.807) is 23.1 Å². The highest BCUT2D eigenvalue weighted by Crippen LogP contribution is 2.31. The number of nitrogens with zero attached hydrogens (tertiary/aromatic N) is 1. The summed E-state index contributed by atoms with van der Waals surface area (Å²) in [6, 6.07) is 5.16. The molecule has 1 aromatic carbocycles. The molecule has 1 unspecified atom stereocenters. The number of hydrogen-bond donors (Lipinski definition) is 0. The topological polar surface area (TPSA) is 82.1 Å². The van der Waals surface area contributed by atoms with Crippen LogP contribution >= 0.6 is 0 Å². The van der Waals surface area contributed by atoms with Gasteiger partial charge in [-0.1, -0.05) is 0 Å². The molecule has 0 saturated carbocycles. The number of piperidine rings is 1. The number of likely N-dealkylation sites (tertiary alicyclic amines) is 1. The van der Waals surface area contributed by atoms with E-state index in [1.165, 1.54) is 0 Å².